The molecule has 0 aliphatic rings. The van der Waals surface area contributed by atoms with Gasteiger partial charge in [0.05, 0.1) is 24.3 Å². The number of esters is 2. The van der Waals surface area contributed by atoms with E-state index in [2.05, 4.69) is 37.7 Å². The lowest BCUT2D eigenvalue weighted by atomic mass is 10.1. The lowest BCUT2D eigenvalue weighted by Crippen LogP contribution is -2.22. The molecular formula is C24H40N2O4. The molecule has 0 unspecified atom stereocenters. The molecule has 1 aromatic rings. The van der Waals surface area contributed by atoms with Crippen LogP contribution in [0.25, 0.3) is 0 Å². The molecule has 1 aromatic carbocycles. The molecule has 170 valence electrons. The van der Waals surface area contributed by atoms with Crippen molar-refractivity contribution in [3.63, 3.8) is 0 Å². The Morgan fingerprint density at radius 3 is 1.53 bits per heavy atom. The monoisotopic (exact) mass is 420 g/mol. The van der Waals surface area contributed by atoms with E-state index < -0.39 is 11.9 Å². The fourth-order valence-corrected chi connectivity index (χ4v) is 3.02. The third-order valence-electron chi connectivity index (χ3n) is 4.96. The second-order valence-corrected chi connectivity index (χ2v) is 7.87. The van der Waals surface area contributed by atoms with Crippen molar-refractivity contribution < 1.29 is 19.1 Å². The van der Waals surface area contributed by atoms with Crippen molar-refractivity contribution in [2.24, 2.45) is 0 Å². The Labute approximate surface area is 182 Å². The normalized spacial score (nSPS) is 11.1. The molecule has 0 aliphatic carbocycles. The number of carbonyl (C=O) groups excluding carboxylic acids is 2. The Kier molecular flexibility index (Phi) is 13.8. The number of hydrogen-bond acceptors (Lipinski definition) is 6. The number of benzene rings is 1. The van der Waals surface area contributed by atoms with Gasteiger partial charge in [0.1, 0.15) is 0 Å². The zero-order valence-electron chi connectivity index (χ0n) is 19.3. The highest BCUT2D eigenvalue weighted by Gasteiger charge is 2.13. The Balaban J connectivity index is 2.34. The van der Waals surface area contributed by atoms with Gasteiger partial charge < -0.3 is 19.3 Å². The molecule has 0 amide bonds. The van der Waals surface area contributed by atoms with Gasteiger partial charge in [-0.15, -0.1) is 0 Å². The average molecular weight is 421 g/mol. The summed E-state index contributed by atoms with van der Waals surface area (Å²) in [7, 11) is 4.16. The lowest BCUT2D eigenvalue weighted by molar-refractivity contribution is 0.0489. The van der Waals surface area contributed by atoms with E-state index in [-0.39, 0.29) is 0 Å². The summed E-state index contributed by atoms with van der Waals surface area (Å²) in [5, 5.41) is 0. The molecule has 6 nitrogen and oxygen atoms in total. The molecule has 0 atom stereocenters. The number of ether oxygens (including phenoxy) is 2. The van der Waals surface area contributed by atoms with Crippen LogP contribution in [0.5, 0.6) is 0 Å². The van der Waals surface area contributed by atoms with Gasteiger partial charge in [0.2, 0.25) is 0 Å². The molecule has 0 aromatic heterocycles. The SMILES string of the molecule is CCCCN(C)CCCOC(=O)c1cccc(C(=O)OCCCN(C)CCCC)c1. The highest BCUT2D eigenvalue weighted by atomic mass is 16.5. The van der Waals surface area contributed by atoms with Crippen molar-refractivity contribution in [1.82, 2.24) is 9.80 Å². The van der Waals surface area contributed by atoms with Crippen molar-refractivity contribution >= 4 is 11.9 Å². The van der Waals surface area contributed by atoms with Crippen LogP contribution in [0.2, 0.25) is 0 Å². The Hall–Kier alpha value is -1.92. The molecular weight excluding hydrogens is 380 g/mol. The van der Waals surface area contributed by atoms with Gasteiger partial charge in [0.15, 0.2) is 0 Å². The summed E-state index contributed by atoms with van der Waals surface area (Å²) in [6.07, 6.45) is 6.28. The smallest absolute Gasteiger partial charge is 0.338 e. The van der Waals surface area contributed by atoms with Crippen LogP contribution in [-0.2, 0) is 9.47 Å². The van der Waals surface area contributed by atoms with E-state index in [0.717, 1.165) is 39.0 Å². The van der Waals surface area contributed by atoms with Gasteiger partial charge in [-0.2, -0.15) is 0 Å². The number of carbonyl (C=O) groups is 2. The first kappa shape index (κ1) is 26.1. The first-order valence-corrected chi connectivity index (χ1v) is 11.3. The quantitative estimate of drug-likeness (QED) is 0.294. The summed E-state index contributed by atoms with van der Waals surface area (Å²) in [5.41, 5.74) is 0.756. The van der Waals surface area contributed by atoms with E-state index in [9.17, 15) is 9.59 Å². The van der Waals surface area contributed by atoms with Crippen LogP contribution in [0.15, 0.2) is 24.3 Å². The zero-order valence-corrected chi connectivity index (χ0v) is 19.3. The molecule has 0 aliphatic heterocycles. The molecule has 0 saturated carbocycles. The fourth-order valence-electron chi connectivity index (χ4n) is 3.02. The van der Waals surface area contributed by atoms with Crippen LogP contribution >= 0.6 is 0 Å². The number of hydrogen-bond donors (Lipinski definition) is 0. The fraction of sp³-hybridized carbons (Fsp3) is 0.667. The highest BCUT2D eigenvalue weighted by molar-refractivity contribution is 5.95. The van der Waals surface area contributed by atoms with E-state index >= 15 is 0 Å². The summed E-state index contributed by atoms with van der Waals surface area (Å²) >= 11 is 0. The molecule has 0 bridgehead atoms. The van der Waals surface area contributed by atoms with Gasteiger partial charge in [-0.3, -0.25) is 0 Å². The summed E-state index contributed by atoms with van der Waals surface area (Å²) in [5.74, 6) is -0.808. The minimum absolute atomic E-state index is 0.371. The van der Waals surface area contributed by atoms with Gasteiger partial charge in [-0.05, 0) is 71.1 Å². The molecule has 0 fully saturated rings. The topological polar surface area (TPSA) is 59.1 Å². The van der Waals surface area contributed by atoms with Crippen LogP contribution in [-0.4, -0.2) is 75.2 Å². The number of rotatable bonds is 16. The highest BCUT2D eigenvalue weighted by Crippen LogP contribution is 2.09. The standard InChI is InChI=1S/C24H40N2O4/c1-5-7-14-25(3)16-10-18-29-23(27)21-12-9-13-22(20-21)24(28)30-19-11-17-26(4)15-8-6-2/h9,12-13,20H,5-8,10-11,14-19H2,1-4H3. The van der Waals surface area contributed by atoms with Crippen molar-refractivity contribution in [3.05, 3.63) is 35.4 Å². The van der Waals surface area contributed by atoms with Crippen LogP contribution in [0, 0.1) is 0 Å². The third kappa shape index (κ3) is 11.3. The lowest BCUT2D eigenvalue weighted by Gasteiger charge is -2.16. The molecule has 30 heavy (non-hydrogen) atoms. The zero-order chi connectivity index (χ0) is 22.2. The molecule has 0 N–H and O–H groups in total. The first-order valence-electron chi connectivity index (χ1n) is 11.3. The predicted octanol–water partition coefficient (Wildman–Crippen LogP) is 4.24. The largest absolute Gasteiger partial charge is 0.462 e. The Morgan fingerprint density at radius 1 is 0.733 bits per heavy atom. The molecule has 0 spiro atoms. The molecule has 1 rings (SSSR count). The maximum absolute atomic E-state index is 12.3. The second-order valence-electron chi connectivity index (χ2n) is 7.87. The Morgan fingerprint density at radius 2 is 1.13 bits per heavy atom. The van der Waals surface area contributed by atoms with Crippen molar-refractivity contribution in [1.29, 1.82) is 0 Å². The number of unbranched alkanes of at least 4 members (excludes halogenated alkanes) is 2. The van der Waals surface area contributed by atoms with Crippen LogP contribution in [0.3, 0.4) is 0 Å². The summed E-state index contributed by atoms with van der Waals surface area (Å²) in [6, 6.07) is 6.56. The van der Waals surface area contributed by atoms with Crippen LogP contribution in [0.1, 0.15) is 73.1 Å². The minimum atomic E-state index is -0.404. The van der Waals surface area contributed by atoms with Crippen LogP contribution < -0.4 is 0 Å². The average Bonchev–Trinajstić information content (AvgIpc) is 2.76. The first-order chi connectivity index (χ1) is 14.5. The summed E-state index contributed by atoms with van der Waals surface area (Å²) < 4.78 is 10.7. The van der Waals surface area contributed by atoms with Crippen molar-refractivity contribution in [2.75, 3.05) is 53.5 Å². The van der Waals surface area contributed by atoms with E-state index in [1.165, 1.54) is 25.7 Å². The molecule has 0 radical (unpaired) electrons. The van der Waals surface area contributed by atoms with Crippen molar-refractivity contribution in [2.45, 2.75) is 52.4 Å². The van der Waals surface area contributed by atoms with Gasteiger partial charge in [0.25, 0.3) is 0 Å². The maximum Gasteiger partial charge on any atom is 0.338 e. The van der Waals surface area contributed by atoms with Gasteiger partial charge in [0, 0.05) is 13.1 Å². The molecule has 0 saturated heterocycles. The second kappa shape index (κ2) is 15.9. The number of nitrogens with zero attached hydrogens (tertiary/aromatic N) is 2. The van der Waals surface area contributed by atoms with Crippen LogP contribution in [0.4, 0.5) is 0 Å². The molecule has 0 heterocycles. The van der Waals surface area contributed by atoms with Gasteiger partial charge in [-0.1, -0.05) is 32.8 Å². The van der Waals surface area contributed by atoms with Gasteiger partial charge >= 0.3 is 11.9 Å². The van der Waals surface area contributed by atoms with E-state index in [0.29, 0.717) is 24.3 Å². The summed E-state index contributed by atoms with van der Waals surface area (Å²) in [4.78, 5) is 29.0. The Bertz CT molecular complexity index is 572. The van der Waals surface area contributed by atoms with Crippen molar-refractivity contribution in [3.8, 4) is 0 Å². The molecule has 6 heteroatoms. The maximum atomic E-state index is 12.3. The summed E-state index contributed by atoms with van der Waals surface area (Å²) in [6.45, 7) is 9.00. The van der Waals surface area contributed by atoms with E-state index in [4.69, 9.17) is 9.47 Å². The minimum Gasteiger partial charge on any atom is -0.462 e. The van der Waals surface area contributed by atoms with Gasteiger partial charge in [-0.25, -0.2) is 9.59 Å². The van der Waals surface area contributed by atoms with E-state index in [1.54, 1.807) is 24.3 Å². The predicted molar refractivity (Wildman–Crippen MR) is 121 cm³/mol. The van der Waals surface area contributed by atoms with E-state index in [1.807, 2.05) is 0 Å². The third-order valence-corrected chi connectivity index (χ3v) is 4.96.